The minimum absolute atomic E-state index is 0.501. The summed E-state index contributed by atoms with van der Waals surface area (Å²) in [5.74, 6) is 0. The van der Waals surface area contributed by atoms with Crippen molar-refractivity contribution in [1.82, 2.24) is 20.2 Å². The zero-order valence-corrected chi connectivity index (χ0v) is 12.9. The predicted molar refractivity (Wildman–Crippen MR) is 83.3 cm³/mol. The molecule has 2 aromatic rings. The normalized spacial score (nSPS) is 22.4. The predicted octanol–water partition coefficient (Wildman–Crippen LogP) is 3.96. The number of nitrogens with zero attached hydrogens (tertiary/aromatic N) is 4. The van der Waals surface area contributed by atoms with E-state index in [0.717, 1.165) is 5.16 Å². The van der Waals surface area contributed by atoms with Gasteiger partial charge in [0.1, 0.15) is 0 Å². The van der Waals surface area contributed by atoms with E-state index in [-0.39, 0.29) is 0 Å². The minimum atomic E-state index is 0.501. The molecule has 4 nitrogen and oxygen atoms in total. The van der Waals surface area contributed by atoms with Crippen LogP contribution in [0.4, 0.5) is 0 Å². The molecule has 110 valence electrons. The lowest BCUT2D eigenvalue weighted by molar-refractivity contribution is 0.422. The lowest BCUT2D eigenvalue weighted by Crippen LogP contribution is -2.11. The number of thioether (sulfide) groups is 1. The molecule has 4 rings (SSSR count). The van der Waals surface area contributed by atoms with Gasteiger partial charge in [-0.05, 0) is 53.7 Å². The molecule has 1 heterocycles. The molecular formula is C16H20N4S. The first kappa shape index (κ1) is 13.3. The summed E-state index contributed by atoms with van der Waals surface area (Å²) in [6, 6.07) is 9.35. The smallest absolute Gasteiger partial charge is 0.210 e. The van der Waals surface area contributed by atoms with E-state index in [1.165, 1.54) is 56.1 Å². The number of hydrogen-bond donors (Lipinski definition) is 0. The molecule has 0 spiro atoms. The van der Waals surface area contributed by atoms with Crippen LogP contribution in [0.3, 0.4) is 0 Å². The average Bonchev–Trinajstić information content (AvgIpc) is 3.18. The minimum Gasteiger partial charge on any atom is -0.217 e. The maximum Gasteiger partial charge on any atom is 0.210 e. The third-order valence-corrected chi connectivity index (χ3v) is 5.95. The quantitative estimate of drug-likeness (QED) is 0.860. The molecule has 21 heavy (non-hydrogen) atoms. The first-order valence-electron chi connectivity index (χ1n) is 7.94. The highest BCUT2D eigenvalue weighted by molar-refractivity contribution is 7.99. The van der Waals surface area contributed by atoms with Gasteiger partial charge in [-0.15, -0.1) is 5.10 Å². The van der Waals surface area contributed by atoms with E-state index in [2.05, 4.69) is 44.5 Å². The van der Waals surface area contributed by atoms with Crippen LogP contribution in [0.5, 0.6) is 0 Å². The van der Waals surface area contributed by atoms with Crippen LogP contribution in [0, 0.1) is 0 Å². The molecule has 0 bridgehead atoms. The Hall–Kier alpha value is -1.36. The third-order valence-electron chi connectivity index (χ3n) is 4.70. The topological polar surface area (TPSA) is 43.6 Å². The van der Waals surface area contributed by atoms with Crippen molar-refractivity contribution in [3.8, 4) is 0 Å². The second kappa shape index (κ2) is 5.79. The van der Waals surface area contributed by atoms with Gasteiger partial charge in [0.2, 0.25) is 5.16 Å². The van der Waals surface area contributed by atoms with Crippen LogP contribution in [-0.4, -0.2) is 20.2 Å². The van der Waals surface area contributed by atoms with Crippen molar-refractivity contribution >= 4 is 11.8 Å². The lowest BCUT2D eigenvalue weighted by atomic mass is 9.91. The lowest BCUT2D eigenvalue weighted by Gasteiger charge is -2.24. The Balaban J connectivity index is 1.58. The third kappa shape index (κ3) is 2.59. The number of hydrogen-bond acceptors (Lipinski definition) is 4. The van der Waals surface area contributed by atoms with Gasteiger partial charge in [-0.3, -0.25) is 0 Å². The number of rotatable bonds is 3. The molecule has 0 aliphatic heterocycles. The van der Waals surface area contributed by atoms with Gasteiger partial charge in [0.15, 0.2) is 0 Å². The van der Waals surface area contributed by atoms with Crippen LogP contribution >= 0.6 is 11.8 Å². The summed E-state index contributed by atoms with van der Waals surface area (Å²) >= 11 is 1.85. The van der Waals surface area contributed by atoms with E-state index < -0.39 is 0 Å². The molecule has 1 saturated carbocycles. The Kier molecular flexibility index (Phi) is 3.67. The summed E-state index contributed by atoms with van der Waals surface area (Å²) in [6.45, 7) is 0. The molecule has 1 aromatic heterocycles. The molecule has 1 fully saturated rings. The van der Waals surface area contributed by atoms with Gasteiger partial charge >= 0.3 is 0 Å². The van der Waals surface area contributed by atoms with Crippen LogP contribution < -0.4 is 0 Å². The second-order valence-electron chi connectivity index (χ2n) is 6.04. The number of aryl methyl sites for hydroxylation is 1. The fourth-order valence-corrected chi connectivity index (χ4v) is 4.87. The maximum atomic E-state index is 4.29. The van der Waals surface area contributed by atoms with Gasteiger partial charge in [0.25, 0.3) is 0 Å². The SMILES string of the molecule is c1ccc2c(c1)CCCC2Sc1nnnn1C1CCCC1. The first-order chi connectivity index (χ1) is 10.4. The summed E-state index contributed by atoms with van der Waals surface area (Å²) in [4.78, 5) is 0. The highest BCUT2D eigenvalue weighted by Crippen LogP contribution is 2.43. The maximum absolute atomic E-state index is 4.29. The molecule has 2 aliphatic carbocycles. The monoisotopic (exact) mass is 300 g/mol. The van der Waals surface area contributed by atoms with Crippen molar-refractivity contribution in [2.45, 2.75) is 61.4 Å². The number of aromatic nitrogens is 4. The van der Waals surface area contributed by atoms with E-state index in [1.54, 1.807) is 0 Å². The molecule has 1 aromatic carbocycles. The van der Waals surface area contributed by atoms with Crippen LogP contribution in [-0.2, 0) is 6.42 Å². The zero-order chi connectivity index (χ0) is 14.1. The standard InChI is InChI=1S/C16H20N4S/c1-4-10-14-12(6-1)7-5-11-15(14)21-16-17-18-19-20(16)13-8-2-3-9-13/h1,4,6,10,13,15H,2-3,5,7-9,11H2. The van der Waals surface area contributed by atoms with Crippen LogP contribution in [0.1, 0.15) is 60.9 Å². The Morgan fingerprint density at radius 2 is 1.90 bits per heavy atom. The highest BCUT2D eigenvalue weighted by Gasteiger charge is 2.26. The van der Waals surface area contributed by atoms with Gasteiger partial charge in [-0.2, -0.15) is 0 Å². The number of fused-ring (bicyclic) bond motifs is 1. The number of benzene rings is 1. The average molecular weight is 300 g/mol. The summed E-state index contributed by atoms with van der Waals surface area (Å²) in [5, 5.41) is 14.0. The van der Waals surface area contributed by atoms with Crippen molar-refractivity contribution < 1.29 is 0 Å². The zero-order valence-electron chi connectivity index (χ0n) is 12.1. The van der Waals surface area contributed by atoms with E-state index >= 15 is 0 Å². The van der Waals surface area contributed by atoms with Crippen LogP contribution in [0.2, 0.25) is 0 Å². The summed E-state index contributed by atoms with van der Waals surface area (Å²) in [7, 11) is 0. The highest BCUT2D eigenvalue weighted by atomic mass is 32.2. The molecule has 0 N–H and O–H groups in total. The summed E-state index contributed by atoms with van der Waals surface area (Å²) in [5.41, 5.74) is 2.98. The van der Waals surface area contributed by atoms with Crippen molar-refractivity contribution in [3.05, 3.63) is 35.4 Å². The van der Waals surface area contributed by atoms with Gasteiger partial charge in [0.05, 0.1) is 6.04 Å². The van der Waals surface area contributed by atoms with Gasteiger partial charge < -0.3 is 0 Å². The van der Waals surface area contributed by atoms with Crippen LogP contribution in [0.15, 0.2) is 29.4 Å². The molecule has 1 unspecified atom stereocenters. The first-order valence-corrected chi connectivity index (χ1v) is 8.82. The molecular weight excluding hydrogens is 280 g/mol. The molecule has 5 heteroatoms. The van der Waals surface area contributed by atoms with Crippen molar-refractivity contribution in [2.24, 2.45) is 0 Å². The summed E-state index contributed by atoms with van der Waals surface area (Å²) < 4.78 is 2.08. The Bertz CT molecular complexity index is 618. The van der Waals surface area contributed by atoms with Crippen molar-refractivity contribution in [1.29, 1.82) is 0 Å². The molecule has 0 radical (unpaired) electrons. The molecule has 2 aliphatic rings. The van der Waals surface area contributed by atoms with E-state index in [0.29, 0.717) is 11.3 Å². The Morgan fingerprint density at radius 3 is 2.81 bits per heavy atom. The Labute approximate surface area is 129 Å². The summed E-state index contributed by atoms with van der Waals surface area (Å²) in [6.07, 6.45) is 8.75. The van der Waals surface area contributed by atoms with Crippen molar-refractivity contribution in [3.63, 3.8) is 0 Å². The van der Waals surface area contributed by atoms with E-state index in [1.807, 2.05) is 11.8 Å². The molecule has 0 saturated heterocycles. The largest absolute Gasteiger partial charge is 0.217 e. The second-order valence-corrected chi connectivity index (χ2v) is 7.21. The van der Waals surface area contributed by atoms with Gasteiger partial charge in [0, 0.05) is 5.25 Å². The van der Waals surface area contributed by atoms with Crippen LogP contribution in [0.25, 0.3) is 0 Å². The van der Waals surface area contributed by atoms with Gasteiger partial charge in [-0.1, -0.05) is 48.9 Å². The van der Waals surface area contributed by atoms with E-state index in [9.17, 15) is 0 Å². The van der Waals surface area contributed by atoms with Gasteiger partial charge in [-0.25, -0.2) is 4.68 Å². The van der Waals surface area contributed by atoms with E-state index in [4.69, 9.17) is 0 Å². The number of tetrazole rings is 1. The Morgan fingerprint density at radius 1 is 1.05 bits per heavy atom. The fourth-order valence-electron chi connectivity index (χ4n) is 3.60. The fraction of sp³-hybridized carbons (Fsp3) is 0.562. The molecule has 0 amide bonds. The molecule has 1 atom stereocenters. The van der Waals surface area contributed by atoms with Crippen molar-refractivity contribution in [2.75, 3.05) is 0 Å².